The largest absolute Gasteiger partial charge is 0.356 e. The van der Waals surface area contributed by atoms with Gasteiger partial charge in [0.05, 0.1) is 18.1 Å². The van der Waals surface area contributed by atoms with Gasteiger partial charge in [0.25, 0.3) is 0 Å². The maximum atomic E-state index is 12.2. The second kappa shape index (κ2) is 11.6. The molecule has 3 heterocycles. The first kappa shape index (κ1) is 22.9. The van der Waals surface area contributed by atoms with E-state index in [4.69, 9.17) is 9.97 Å². The third kappa shape index (κ3) is 5.95. The number of anilines is 1. The van der Waals surface area contributed by atoms with E-state index in [1.54, 1.807) is 23.5 Å². The molecule has 0 atom stereocenters. The minimum atomic E-state index is 0.0655. The van der Waals surface area contributed by atoms with Crippen LogP contribution in [-0.4, -0.2) is 56.8 Å². The van der Waals surface area contributed by atoms with Gasteiger partial charge >= 0.3 is 0 Å². The molecule has 0 aliphatic carbocycles. The van der Waals surface area contributed by atoms with Crippen LogP contribution >= 0.6 is 23.5 Å². The van der Waals surface area contributed by atoms with Crippen molar-refractivity contribution in [3.63, 3.8) is 0 Å². The lowest BCUT2D eigenvalue weighted by Gasteiger charge is -2.28. The van der Waals surface area contributed by atoms with Crippen LogP contribution < -0.4 is 10.2 Å². The number of hydrogen-bond acceptors (Lipinski definition) is 7. The lowest BCUT2D eigenvalue weighted by Crippen LogP contribution is -2.30. The van der Waals surface area contributed by atoms with Gasteiger partial charge in [0.15, 0.2) is 10.8 Å². The van der Waals surface area contributed by atoms with Gasteiger partial charge in [-0.15, -0.1) is 11.8 Å². The van der Waals surface area contributed by atoms with Crippen LogP contribution in [0.4, 0.5) is 5.82 Å². The average molecular weight is 471 g/mol. The van der Waals surface area contributed by atoms with Crippen molar-refractivity contribution >= 4 is 46.3 Å². The SMILES string of the molecule is CCSc1nc(N2CCCCC2)c2cnn(CCNC(=O)CCSc3ccccc3)c2n1. The second-order valence-corrected chi connectivity index (χ2v) is 10.1. The van der Waals surface area contributed by atoms with E-state index in [9.17, 15) is 4.79 Å². The van der Waals surface area contributed by atoms with E-state index in [1.807, 2.05) is 29.1 Å². The Balaban J connectivity index is 1.36. The van der Waals surface area contributed by atoms with Crippen LogP contribution in [0.5, 0.6) is 0 Å². The van der Waals surface area contributed by atoms with Crippen LogP contribution in [0.1, 0.15) is 32.6 Å². The first-order valence-corrected chi connectivity index (χ1v) is 13.3. The number of benzene rings is 1. The molecule has 3 aromatic rings. The molecule has 4 rings (SSSR count). The van der Waals surface area contributed by atoms with Gasteiger partial charge in [-0.25, -0.2) is 14.6 Å². The number of carbonyl (C=O) groups is 1. The number of nitrogens with one attached hydrogen (secondary N) is 1. The third-order valence-corrected chi connectivity index (χ3v) is 7.11. The molecular formula is C23H30N6OS2. The Morgan fingerprint density at radius 3 is 2.69 bits per heavy atom. The summed E-state index contributed by atoms with van der Waals surface area (Å²) < 4.78 is 1.89. The highest BCUT2D eigenvalue weighted by Crippen LogP contribution is 2.29. The zero-order valence-corrected chi connectivity index (χ0v) is 20.1. The first-order chi connectivity index (χ1) is 15.7. The highest BCUT2D eigenvalue weighted by atomic mass is 32.2. The number of carbonyl (C=O) groups excluding carboxylic acids is 1. The van der Waals surface area contributed by atoms with Crippen molar-refractivity contribution in [2.24, 2.45) is 0 Å². The van der Waals surface area contributed by atoms with Gasteiger partial charge in [-0.1, -0.05) is 36.9 Å². The Morgan fingerprint density at radius 1 is 1.09 bits per heavy atom. The molecule has 1 aliphatic rings. The molecule has 1 amide bonds. The van der Waals surface area contributed by atoms with Crippen molar-refractivity contribution in [2.75, 3.05) is 36.0 Å². The molecule has 0 radical (unpaired) electrons. The summed E-state index contributed by atoms with van der Waals surface area (Å²) >= 11 is 3.36. The molecule has 1 N–H and O–H groups in total. The van der Waals surface area contributed by atoms with Crippen LogP contribution in [0.2, 0.25) is 0 Å². The molecule has 1 aliphatic heterocycles. The molecule has 1 saturated heterocycles. The van der Waals surface area contributed by atoms with Gasteiger partial charge in [-0.2, -0.15) is 5.10 Å². The van der Waals surface area contributed by atoms with Crippen LogP contribution in [0.15, 0.2) is 46.6 Å². The molecule has 7 nitrogen and oxygen atoms in total. The number of aromatic nitrogens is 4. The average Bonchev–Trinajstić information content (AvgIpc) is 3.23. The molecule has 0 saturated carbocycles. The molecule has 1 fully saturated rings. The Bertz CT molecular complexity index is 1020. The molecule has 0 spiro atoms. The molecule has 2 aromatic heterocycles. The molecular weight excluding hydrogens is 440 g/mol. The van der Waals surface area contributed by atoms with Crippen molar-refractivity contribution in [3.8, 4) is 0 Å². The number of thioether (sulfide) groups is 2. The van der Waals surface area contributed by atoms with Crippen molar-refractivity contribution in [1.82, 2.24) is 25.1 Å². The van der Waals surface area contributed by atoms with Crippen LogP contribution in [-0.2, 0) is 11.3 Å². The van der Waals surface area contributed by atoms with Crippen LogP contribution in [0.25, 0.3) is 11.0 Å². The molecule has 0 bridgehead atoms. The maximum Gasteiger partial charge on any atom is 0.220 e. The number of fused-ring (bicyclic) bond motifs is 1. The fourth-order valence-corrected chi connectivity index (χ4v) is 5.23. The van der Waals surface area contributed by atoms with E-state index in [0.717, 1.165) is 46.6 Å². The summed E-state index contributed by atoms with van der Waals surface area (Å²) in [6.45, 7) is 5.30. The standard InChI is InChI=1S/C23H30N6OS2/c1-2-31-23-26-21(28-13-7-4-8-14-28)19-17-25-29(22(19)27-23)15-12-24-20(30)11-16-32-18-9-5-3-6-10-18/h3,5-6,9-10,17H,2,4,7-8,11-16H2,1H3,(H,24,30). The van der Waals surface area contributed by atoms with Gasteiger partial charge in [-0.05, 0) is 37.1 Å². The normalized spacial score (nSPS) is 14.1. The monoisotopic (exact) mass is 470 g/mol. The highest BCUT2D eigenvalue weighted by molar-refractivity contribution is 7.99. The van der Waals surface area contributed by atoms with E-state index < -0.39 is 0 Å². The number of rotatable bonds is 10. The minimum absolute atomic E-state index is 0.0655. The molecule has 170 valence electrons. The van der Waals surface area contributed by atoms with Gasteiger partial charge in [-0.3, -0.25) is 4.79 Å². The highest BCUT2D eigenvalue weighted by Gasteiger charge is 2.20. The van der Waals surface area contributed by atoms with Gasteiger partial charge in [0, 0.05) is 36.7 Å². The Labute approximate surface area is 197 Å². The Morgan fingerprint density at radius 2 is 1.91 bits per heavy atom. The van der Waals surface area contributed by atoms with Crippen molar-refractivity contribution < 1.29 is 4.79 Å². The topological polar surface area (TPSA) is 75.9 Å². The summed E-state index contributed by atoms with van der Waals surface area (Å²) in [5.74, 6) is 2.76. The smallest absolute Gasteiger partial charge is 0.220 e. The van der Waals surface area contributed by atoms with E-state index in [-0.39, 0.29) is 5.91 Å². The predicted molar refractivity (Wildman–Crippen MR) is 133 cm³/mol. The third-order valence-electron chi connectivity index (χ3n) is 5.37. The van der Waals surface area contributed by atoms with E-state index in [1.165, 1.54) is 24.2 Å². The number of nitrogens with zero attached hydrogens (tertiary/aromatic N) is 5. The van der Waals surface area contributed by atoms with Gasteiger partial charge < -0.3 is 10.2 Å². The summed E-state index contributed by atoms with van der Waals surface area (Å²) in [5, 5.41) is 9.38. The summed E-state index contributed by atoms with van der Waals surface area (Å²) in [6, 6.07) is 10.2. The molecule has 1 aromatic carbocycles. The number of piperidine rings is 1. The summed E-state index contributed by atoms with van der Waals surface area (Å²) in [4.78, 5) is 25.4. The second-order valence-electron chi connectivity index (χ2n) is 7.68. The fraction of sp³-hybridized carbons (Fsp3) is 0.478. The van der Waals surface area contributed by atoms with Crippen molar-refractivity contribution in [2.45, 2.75) is 49.2 Å². The minimum Gasteiger partial charge on any atom is -0.356 e. The fourth-order valence-electron chi connectivity index (χ4n) is 3.79. The Kier molecular flexibility index (Phi) is 8.28. The lowest BCUT2D eigenvalue weighted by atomic mass is 10.1. The van der Waals surface area contributed by atoms with E-state index >= 15 is 0 Å². The Hall–Kier alpha value is -2.26. The first-order valence-electron chi connectivity index (χ1n) is 11.3. The molecule has 0 unspecified atom stereocenters. The van der Waals surface area contributed by atoms with Gasteiger partial charge in [0.1, 0.15) is 5.82 Å². The van der Waals surface area contributed by atoms with E-state index in [2.05, 4.69) is 34.4 Å². The zero-order valence-electron chi connectivity index (χ0n) is 18.5. The van der Waals surface area contributed by atoms with Gasteiger partial charge in [0.2, 0.25) is 5.91 Å². The number of amides is 1. The number of hydrogen-bond donors (Lipinski definition) is 1. The predicted octanol–water partition coefficient (Wildman–Crippen LogP) is 4.23. The van der Waals surface area contributed by atoms with E-state index in [0.29, 0.717) is 19.5 Å². The quantitative estimate of drug-likeness (QED) is 0.351. The molecule has 9 heteroatoms. The summed E-state index contributed by atoms with van der Waals surface area (Å²) in [7, 11) is 0. The van der Waals surface area contributed by atoms with Crippen molar-refractivity contribution in [3.05, 3.63) is 36.5 Å². The van der Waals surface area contributed by atoms with Crippen LogP contribution in [0, 0.1) is 0 Å². The molecule has 32 heavy (non-hydrogen) atoms. The van der Waals surface area contributed by atoms with Crippen LogP contribution in [0.3, 0.4) is 0 Å². The summed E-state index contributed by atoms with van der Waals surface area (Å²) in [5.41, 5.74) is 0.852. The maximum absolute atomic E-state index is 12.2. The zero-order chi connectivity index (χ0) is 22.2. The van der Waals surface area contributed by atoms with Crippen molar-refractivity contribution in [1.29, 1.82) is 0 Å². The summed E-state index contributed by atoms with van der Waals surface area (Å²) in [6.07, 6.45) is 6.05. The lowest BCUT2D eigenvalue weighted by molar-refractivity contribution is -0.120.